The molecule has 1 N–H and O–H groups in total. The Balaban J connectivity index is 1.87. The average molecular weight is 409 g/mol. The van der Waals surface area contributed by atoms with Gasteiger partial charge in [0.1, 0.15) is 16.6 Å². The Hall–Kier alpha value is -2.91. The third-order valence-corrected chi connectivity index (χ3v) is 6.27. The van der Waals surface area contributed by atoms with Crippen LogP contribution in [0.1, 0.15) is 64.5 Å². The first-order valence-corrected chi connectivity index (χ1v) is 10.5. The van der Waals surface area contributed by atoms with E-state index in [4.69, 9.17) is 4.74 Å². The highest BCUT2D eigenvalue weighted by atomic mass is 32.1. The average Bonchev–Trinajstić information content (AvgIpc) is 3.09. The number of aryl methyl sites for hydroxylation is 1. The van der Waals surface area contributed by atoms with Gasteiger partial charge in [0, 0.05) is 4.88 Å². The van der Waals surface area contributed by atoms with Gasteiger partial charge in [0.05, 0.1) is 12.7 Å². The predicted octanol–water partition coefficient (Wildman–Crippen LogP) is 5.08. The van der Waals surface area contributed by atoms with Crippen LogP contribution in [0.5, 0.6) is 0 Å². The quantitative estimate of drug-likeness (QED) is 0.425. The van der Waals surface area contributed by atoms with Crippen molar-refractivity contribution in [3.05, 3.63) is 57.0 Å². The van der Waals surface area contributed by atoms with Crippen LogP contribution in [0.3, 0.4) is 0 Å². The lowest BCUT2D eigenvalue weighted by Gasteiger charge is -2.11. The lowest BCUT2D eigenvalue weighted by Crippen LogP contribution is -2.16. The van der Waals surface area contributed by atoms with Gasteiger partial charge in [-0.1, -0.05) is 38.1 Å². The molecule has 0 fully saturated rings. The molecule has 29 heavy (non-hydrogen) atoms. The smallest absolute Gasteiger partial charge is 0.341 e. The summed E-state index contributed by atoms with van der Waals surface area (Å²) >= 11 is 1.40. The van der Waals surface area contributed by atoms with Crippen LogP contribution in [0, 0.1) is 11.3 Å². The van der Waals surface area contributed by atoms with Crippen molar-refractivity contribution in [2.24, 2.45) is 0 Å². The van der Waals surface area contributed by atoms with Crippen LogP contribution in [-0.2, 0) is 22.4 Å². The number of hydrogen-bond donors (Lipinski definition) is 1. The number of hydrogen-bond acceptors (Lipinski definition) is 5. The molecular formula is C23H24N2O3S. The lowest BCUT2D eigenvalue weighted by molar-refractivity contribution is -0.112. The maximum Gasteiger partial charge on any atom is 0.341 e. The van der Waals surface area contributed by atoms with E-state index in [9.17, 15) is 14.9 Å². The highest BCUT2D eigenvalue weighted by molar-refractivity contribution is 7.17. The number of carbonyl (C=O) groups excluding carboxylic acids is 2. The molecule has 1 amide bonds. The maximum atomic E-state index is 12.8. The Kier molecular flexibility index (Phi) is 6.50. The zero-order chi connectivity index (χ0) is 21.0. The summed E-state index contributed by atoms with van der Waals surface area (Å²) in [5, 5.41) is 12.7. The largest absolute Gasteiger partial charge is 0.465 e. The number of nitriles is 1. The van der Waals surface area contributed by atoms with Gasteiger partial charge in [-0.05, 0) is 54.4 Å². The Bertz CT molecular complexity index is 994. The van der Waals surface area contributed by atoms with Crippen molar-refractivity contribution in [2.75, 3.05) is 12.4 Å². The topological polar surface area (TPSA) is 79.2 Å². The van der Waals surface area contributed by atoms with Crippen LogP contribution >= 0.6 is 11.3 Å². The summed E-state index contributed by atoms with van der Waals surface area (Å²) in [6, 6.07) is 9.74. The number of esters is 1. The minimum absolute atomic E-state index is 0.00974. The molecule has 1 aromatic heterocycles. The van der Waals surface area contributed by atoms with Crippen LogP contribution in [0.2, 0.25) is 0 Å². The number of thiophene rings is 1. The first-order chi connectivity index (χ1) is 13.9. The van der Waals surface area contributed by atoms with Crippen LogP contribution in [0.25, 0.3) is 6.08 Å². The van der Waals surface area contributed by atoms with Crippen molar-refractivity contribution in [2.45, 2.75) is 45.4 Å². The minimum atomic E-state index is -0.524. The summed E-state index contributed by atoms with van der Waals surface area (Å²) in [4.78, 5) is 26.2. The van der Waals surface area contributed by atoms with E-state index >= 15 is 0 Å². The number of anilines is 1. The second-order valence-corrected chi connectivity index (χ2v) is 8.46. The summed E-state index contributed by atoms with van der Waals surface area (Å²) in [7, 11) is 1.34. The number of amides is 1. The molecule has 2 aromatic rings. The molecule has 0 saturated carbocycles. The molecule has 1 heterocycles. The highest BCUT2D eigenvalue weighted by Gasteiger charge is 2.27. The number of rotatable bonds is 5. The third-order valence-electron chi connectivity index (χ3n) is 5.07. The van der Waals surface area contributed by atoms with Crippen molar-refractivity contribution in [3.8, 4) is 6.07 Å². The van der Waals surface area contributed by atoms with E-state index in [1.54, 1.807) is 6.08 Å². The zero-order valence-electron chi connectivity index (χ0n) is 16.9. The van der Waals surface area contributed by atoms with Gasteiger partial charge in [-0.3, -0.25) is 4.79 Å². The molecule has 6 heteroatoms. The molecule has 0 radical (unpaired) electrons. The van der Waals surface area contributed by atoms with Gasteiger partial charge in [-0.25, -0.2) is 4.79 Å². The van der Waals surface area contributed by atoms with E-state index in [-0.39, 0.29) is 5.57 Å². The van der Waals surface area contributed by atoms with Gasteiger partial charge in [0.2, 0.25) is 0 Å². The van der Waals surface area contributed by atoms with E-state index < -0.39 is 11.9 Å². The maximum absolute atomic E-state index is 12.8. The number of nitrogens with one attached hydrogen (secondary N) is 1. The normalized spacial score (nSPS) is 13.6. The van der Waals surface area contributed by atoms with E-state index in [1.165, 1.54) is 24.0 Å². The number of carbonyl (C=O) groups is 2. The minimum Gasteiger partial charge on any atom is -0.465 e. The van der Waals surface area contributed by atoms with Crippen molar-refractivity contribution in [3.63, 3.8) is 0 Å². The summed E-state index contributed by atoms with van der Waals surface area (Å²) in [5.74, 6) is -0.566. The van der Waals surface area contributed by atoms with Crippen LogP contribution in [0.4, 0.5) is 5.00 Å². The molecule has 0 atom stereocenters. The molecule has 0 unspecified atom stereocenters. The molecule has 150 valence electrons. The van der Waals surface area contributed by atoms with Crippen molar-refractivity contribution in [1.29, 1.82) is 5.26 Å². The van der Waals surface area contributed by atoms with Crippen LogP contribution < -0.4 is 5.32 Å². The summed E-state index contributed by atoms with van der Waals surface area (Å²) < 4.78 is 4.93. The Morgan fingerprint density at radius 2 is 1.90 bits per heavy atom. The second-order valence-electron chi connectivity index (χ2n) is 7.35. The predicted molar refractivity (Wildman–Crippen MR) is 115 cm³/mol. The van der Waals surface area contributed by atoms with Gasteiger partial charge >= 0.3 is 5.97 Å². The number of benzene rings is 1. The highest BCUT2D eigenvalue weighted by Crippen LogP contribution is 2.38. The fourth-order valence-electron chi connectivity index (χ4n) is 3.43. The van der Waals surface area contributed by atoms with Crippen molar-refractivity contribution >= 4 is 34.3 Å². The van der Waals surface area contributed by atoms with Crippen molar-refractivity contribution < 1.29 is 14.3 Å². The van der Waals surface area contributed by atoms with Crippen LogP contribution in [0.15, 0.2) is 29.8 Å². The Morgan fingerprint density at radius 3 is 2.52 bits per heavy atom. The Labute approximate surface area is 175 Å². The number of fused-ring (bicyclic) bond motifs is 1. The van der Waals surface area contributed by atoms with E-state index in [0.29, 0.717) is 16.5 Å². The fraction of sp³-hybridized carbons (Fsp3) is 0.348. The van der Waals surface area contributed by atoms with Crippen LogP contribution in [-0.4, -0.2) is 19.0 Å². The molecule has 0 spiro atoms. The summed E-state index contributed by atoms with van der Waals surface area (Å²) in [6.45, 7) is 4.22. The molecule has 0 saturated heterocycles. The molecule has 0 aliphatic heterocycles. The van der Waals surface area contributed by atoms with Crippen molar-refractivity contribution in [1.82, 2.24) is 0 Å². The first kappa shape index (κ1) is 20.8. The molecule has 3 rings (SSSR count). The molecule has 0 bridgehead atoms. The third kappa shape index (κ3) is 4.57. The molecule has 1 aromatic carbocycles. The van der Waals surface area contributed by atoms with Gasteiger partial charge in [0.15, 0.2) is 0 Å². The molecule has 1 aliphatic rings. The first-order valence-electron chi connectivity index (χ1n) is 9.70. The number of nitrogens with zero attached hydrogens (tertiary/aromatic N) is 1. The fourth-order valence-corrected chi connectivity index (χ4v) is 4.71. The molecule has 5 nitrogen and oxygen atoms in total. The number of methoxy groups -OCH3 is 1. The lowest BCUT2D eigenvalue weighted by atomic mass is 9.95. The summed E-state index contributed by atoms with van der Waals surface area (Å²) in [5.41, 5.74) is 3.36. The SMILES string of the molecule is COC(=O)c1c(NC(=O)C(C#N)=Cc2ccc(C(C)C)cc2)sc2c1CCCC2. The van der Waals surface area contributed by atoms with Gasteiger partial charge in [-0.15, -0.1) is 11.3 Å². The van der Waals surface area contributed by atoms with Gasteiger partial charge in [-0.2, -0.15) is 5.26 Å². The van der Waals surface area contributed by atoms with E-state index in [1.807, 2.05) is 30.3 Å². The monoisotopic (exact) mass is 408 g/mol. The van der Waals surface area contributed by atoms with Gasteiger partial charge < -0.3 is 10.1 Å². The molecule has 1 aliphatic carbocycles. The number of ether oxygens (including phenoxy) is 1. The van der Waals surface area contributed by atoms with E-state index in [2.05, 4.69) is 19.2 Å². The standard InChI is InChI=1S/C23H24N2O3S/c1-14(2)16-10-8-15(9-11-16)12-17(13-24)21(26)25-22-20(23(27)28-3)18-6-4-5-7-19(18)29-22/h8-12,14H,4-7H2,1-3H3,(H,25,26). The van der Waals surface area contributed by atoms with E-state index in [0.717, 1.165) is 41.7 Å². The second kappa shape index (κ2) is 9.06. The summed E-state index contributed by atoms with van der Waals surface area (Å²) in [6.07, 6.45) is 5.33. The molecular weight excluding hydrogens is 384 g/mol. The zero-order valence-corrected chi connectivity index (χ0v) is 17.7. The Morgan fingerprint density at radius 1 is 1.21 bits per heavy atom. The van der Waals surface area contributed by atoms with Gasteiger partial charge in [0.25, 0.3) is 5.91 Å².